The summed E-state index contributed by atoms with van der Waals surface area (Å²) in [7, 11) is 0. The van der Waals surface area contributed by atoms with Crippen molar-refractivity contribution in [2.75, 3.05) is 11.9 Å². The molecule has 0 amide bonds. The Hall–Kier alpha value is -0.750. The molecule has 0 aliphatic heterocycles. The zero-order valence-electron chi connectivity index (χ0n) is 8.61. The third-order valence-electron chi connectivity index (χ3n) is 1.90. The summed E-state index contributed by atoms with van der Waals surface area (Å²) in [5, 5.41) is 2.69. The Bertz CT molecular complexity index is 364. The lowest BCUT2D eigenvalue weighted by atomic mass is 10.1. The topological polar surface area (TPSA) is 38.0 Å². The van der Waals surface area contributed by atoms with Crippen LogP contribution in [-0.4, -0.2) is 12.6 Å². The maximum atomic E-state index is 12.6. The van der Waals surface area contributed by atoms with Crippen LogP contribution in [0.2, 0.25) is 0 Å². The monoisotopic (exact) mass is 296 g/mol. The quantitative estimate of drug-likeness (QED) is 0.899. The van der Waals surface area contributed by atoms with Crippen molar-refractivity contribution in [2.24, 2.45) is 5.73 Å². The van der Waals surface area contributed by atoms with Gasteiger partial charge in [-0.1, -0.05) is 15.9 Å². The Morgan fingerprint density at radius 1 is 1.44 bits per heavy atom. The van der Waals surface area contributed by atoms with Gasteiger partial charge in [0.1, 0.15) is 0 Å². The van der Waals surface area contributed by atoms with Crippen molar-refractivity contribution in [1.82, 2.24) is 0 Å². The van der Waals surface area contributed by atoms with Gasteiger partial charge in [0.25, 0.3) is 0 Å². The molecule has 1 unspecified atom stereocenters. The summed E-state index contributed by atoms with van der Waals surface area (Å²) in [5.74, 6) is 0. The van der Waals surface area contributed by atoms with Crippen molar-refractivity contribution in [1.29, 1.82) is 0 Å². The lowest BCUT2D eigenvalue weighted by molar-refractivity contribution is -0.137. The normalized spacial score (nSPS) is 13.6. The van der Waals surface area contributed by atoms with E-state index in [1.807, 2.05) is 0 Å². The molecule has 0 heterocycles. The van der Waals surface area contributed by atoms with E-state index in [9.17, 15) is 13.2 Å². The van der Waals surface area contributed by atoms with Crippen molar-refractivity contribution in [2.45, 2.75) is 19.1 Å². The minimum atomic E-state index is -4.36. The Morgan fingerprint density at radius 3 is 2.56 bits per heavy atom. The van der Waals surface area contributed by atoms with Gasteiger partial charge in [-0.05, 0) is 25.1 Å². The first-order valence-corrected chi connectivity index (χ1v) is 5.46. The van der Waals surface area contributed by atoms with Gasteiger partial charge < -0.3 is 11.1 Å². The summed E-state index contributed by atoms with van der Waals surface area (Å²) in [6, 6.07) is 3.58. The van der Waals surface area contributed by atoms with Gasteiger partial charge >= 0.3 is 6.18 Å². The fraction of sp³-hybridized carbons (Fsp3) is 0.400. The molecule has 16 heavy (non-hydrogen) atoms. The molecule has 0 saturated heterocycles. The van der Waals surface area contributed by atoms with Crippen LogP contribution < -0.4 is 11.1 Å². The molecule has 0 fully saturated rings. The van der Waals surface area contributed by atoms with Crippen LogP contribution in [0.5, 0.6) is 0 Å². The number of halogens is 4. The summed E-state index contributed by atoms with van der Waals surface area (Å²) >= 11 is 3.13. The summed E-state index contributed by atoms with van der Waals surface area (Å²) < 4.78 is 38.4. The van der Waals surface area contributed by atoms with E-state index >= 15 is 0 Å². The van der Waals surface area contributed by atoms with Crippen LogP contribution in [0, 0.1) is 0 Å². The zero-order valence-corrected chi connectivity index (χ0v) is 10.2. The third kappa shape index (κ3) is 3.68. The highest BCUT2D eigenvalue weighted by Crippen LogP contribution is 2.36. The SMILES string of the molecule is CC(N)CNc1cc(Br)ccc1C(F)(F)F. The Labute approximate surface area is 100 Å². The van der Waals surface area contributed by atoms with Crippen LogP contribution in [0.4, 0.5) is 18.9 Å². The molecule has 0 aliphatic carbocycles. The molecule has 3 N–H and O–H groups in total. The highest BCUT2D eigenvalue weighted by molar-refractivity contribution is 9.10. The van der Waals surface area contributed by atoms with Gasteiger partial charge in [-0.3, -0.25) is 0 Å². The Kier molecular flexibility index (Phi) is 4.21. The van der Waals surface area contributed by atoms with E-state index in [0.717, 1.165) is 6.07 Å². The molecule has 2 nitrogen and oxygen atoms in total. The molecule has 0 radical (unpaired) electrons. The minimum Gasteiger partial charge on any atom is -0.383 e. The van der Waals surface area contributed by atoms with Crippen LogP contribution in [0.25, 0.3) is 0 Å². The summed E-state index contributed by atoms with van der Waals surface area (Å²) in [6.45, 7) is 2.01. The van der Waals surface area contributed by atoms with Gasteiger partial charge in [0.2, 0.25) is 0 Å². The molecule has 1 rings (SSSR count). The lowest BCUT2D eigenvalue weighted by Crippen LogP contribution is -2.26. The average Bonchev–Trinajstić information content (AvgIpc) is 2.12. The molecule has 90 valence electrons. The van der Waals surface area contributed by atoms with E-state index in [2.05, 4.69) is 21.2 Å². The second-order valence-electron chi connectivity index (χ2n) is 3.55. The number of hydrogen-bond donors (Lipinski definition) is 2. The fourth-order valence-electron chi connectivity index (χ4n) is 1.18. The number of nitrogens with two attached hydrogens (primary N) is 1. The van der Waals surface area contributed by atoms with Gasteiger partial charge in [-0.15, -0.1) is 0 Å². The molecule has 0 bridgehead atoms. The predicted octanol–water partition coefficient (Wildman–Crippen LogP) is 3.23. The second-order valence-corrected chi connectivity index (χ2v) is 4.46. The van der Waals surface area contributed by atoms with Crippen LogP contribution in [-0.2, 0) is 6.18 Å². The van der Waals surface area contributed by atoms with Crippen LogP contribution in [0.1, 0.15) is 12.5 Å². The lowest BCUT2D eigenvalue weighted by Gasteiger charge is -2.16. The minimum absolute atomic E-state index is 0.0409. The first-order valence-electron chi connectivity index (χ1n) is 4.67. The molecular formula is C10H12BrF3N2. The number of nitrogens with one attached hydrogen (secondary N) is 1. The summed E-state index contributed by atoms with van der Waals surface area (Å²) in [6.07, 6.45) is -4.36. The number of rotatable bonds is 3. The van der Waals surface area contributed by atoms with E-state index in [1.54, 1.807) is 6.92 Å². The smallest absolute Gasteiger partial charge is 0.383 e. The first kappa shape index (κ1) is 13.3. The Balaban J connectivity index is 2.99. The van der Waals surface area contributed by atoms with Gasteiger partial charge in [-0.25, -0.2) is 0 Å². The molecule has 1 atom stereocenters. The first-order chi connectivity index (χ1) is 7.30. The summed E-state index contributed by atoms with van der Waals surface area (Å²) in [5.41, 5.74) is 4.84. The molecule has 0 aromatic heterocycles. The number of alkyl halides is 3. The number of hydrogen-bond acceptors (Lipinski definition) is 2. The van der Waals surface area contributed by atoms with Gasteiger partial charge in [0.05, 0.1) is 5.56 Å². The highest BCUT2D eigenvalue weighted by atomic mass is 79.9. The van der Waals surface area contributed by atoms with Crippen LogP contribution >= 0.6 is 15.9 Å². The zero-order chi connectivity index (χ0) is 12.3. The van der Waals surface area contributed by atoms with Crippen molar-refractivity contribution in [3.8, 4) is 0 Å². The van der Waals surface area contributed by atoms with Crippen molar-refractivity contribution < 1.29 is 13.2 Å². The van der Waals surface area contributed by atoms with Crippen molar-refractivity contribution in [3.63, 3.8) is 0 Å². The second kappa shape index (κ2) is 5.05. The van der Waals surface area contributed by atoms with Gasteiger partial charge in [0, 0.05) is 22.7 Å². The number of benzene rings is 1. The standard InChI is InChI=1S/C10H12BrF3N2/c1-6(15)5-16-9-4-7(11)2-3-8(9)10(12,13)14/h2-4,6,16H,5,15H2,1H3. The van der Waals surface area contributed by atoms with E-state index in [0.29, 0.717) is 11.0 Å². The van der Waals surface area contributed by atoms with E-state index < -0.39 is 11.7 Å². The number of anilines is 1. The largest absolute Gasteiger partial charge is 0.418 e. The maximum Gasteiger partial charge on any atom is 0.418 e. The highest BCUT2D eigenvalue weighted by Gasteiger charge is 2.33. The van der Waals surface area contributed by atoms with Crippen LogP contribution in [0.3, 0.4) is 0 Å². The molecule has 0 saturated carbocycles. The van der Waals surface area contributed by atoms with Crippen molar-refractivity contribution >= 4 is 21.6 Å². The molecule has 0 spiro atoms. The van der Waals surface area contributed by atoms with Gasteiger partial charge in [0.15, 0.2) is 0 Å². The van der Waals surface area contributed by atoms with Crippen molar-refractivity contribution in [3.05, 3.63) is 28.2 Å². The average molecular weight is 297 g/mol. The van der Waals surface area contributed by atoms with E-state index in [4.69, 9.17) is 5.73 Å². The summed E-state index contributed by atoms with van der Waals surface area (Å²) in [4.78, 5) is 0. The van der Waals surface area contributed by atoms with E-state index in [1.165, 1.54) is 12.1 Å². The molecule has 1 aromatic carbocycles. The fourth-order valence-corrected chi connectivity index (χ4v) is 1.54. The maximum absolute atomic E-state index is 12.6. The molecule has 6 heteroatoms. The molecule has 0 aliphatic rings. The van der Waals surface area contributed by atoms with Gasteiger partial charge in [-0.2, -0.15) is 13.2 Å². The molecular weight excluding hydrogens is 285 g/mol. The predicted molar refractivity (Wildman–Crippen MR) is 61.3 cm³/mol. The van der Waals surface area contributed by atoms with Crippen LogP contribution in [0.15, 0.2) is 22.7 Å². The molecule has 1 aromatic rings. The third-order valence-corrected chi connectivity index (χ3v) is 2.39. The van der Waals surface area contributed by atoms with E-state index in [-0.39, 0.29) is 11.7 Å². The Morgan fingerprint density at radius 2 is 2.06 bits per heavy atom.